The summed E-state index contributed by atoms with van der Waals surface area (Å²) in [4.78, 5) is 11.9. The maximum atomic E-state index is 11.9. The van der Waals surface area contributed by atoms with Crippen molar-refractivity contribution in [2.45, 2.75) is 39.5 Å². The molecule has 142 valence electrons. The first-order chi connectivity index (χ1) is 11.7. The number of benzene rings is 1. The highest BCUT2D eigenvalue weighted by Crippen LogP contribution is 2.28. The second kappa shape index (κ2) is 12.0. The van der Waals surface area contributed by atoms with Gasteiger partial charge in [0.1, 0.15) is 0 Å². The summed E-state index contributed by atoms with van der Waals surface area (Å²) in [7, 11) is 0. The molecule has 1 amide bonds. The Labute approximate surface area is 157 Å². The number of carbonyl (C=O) groups is 1. The number of amides is 1. The van der Waals surface area contributed by atoms with Gasteiger partial charge in [0.25, 0.3) is 0 Å². The number of ether oxygens (including phenoxy) is 2. The molecule has 0 radical (unpaired) electrons. The summed E-state index contributed by atoms with van der Waals surface area (Å²) >= 11 is 0. The number of hydrogen-bond acceptors (Lipinski definition) is 4. The van der Waals surface area contributed by atoms with Crippen LogP contribution >= 0.6 is 12.4 Å². The zero-order valence-electron chi connectivity index (χ0n) is 15.3. The summed E-state index contributed by atoms with van der Waals surface area (Å²) in [6.45, 7) is 7.94. The lowest BCUT2D eigenvalue weighted by atomic mass is 10.0. The average Bonchev–Trinajstić information content (AvgIpc) is 3.09. The summed E-state index contributed by atoms with van der Waals surface area (Å²) in [5.74, 6) is 2.36. The predicted octanol–water partition coefficient (Wildman–Crippen LogP) is 2.95. The largest absolute Gasteiger partial charge is 0.490 e. The molecule has 5 nitrogen and oxygen atoms in total. The van der Waals surface area contributed by atoms with Gasteiger partial charge < -0.3 is 20.1 Å². The first-order valence-corrected chi connectivity index (χ1v) is 9.08. The van der Waals surface area contributed by atoms with Gasteiger partial charge in [0.15, 0.2) is 11.5 Å². The Morgan fingerprint density at radius 1 is 1.24 bits per heavy atom. The van der Waals surface area contributed by atoms with Crippen molar-refractivity contribution in [3.63, 3.8) is 0 Å². The van der Waals surface area contributed by atoms with E-state index in [1.54, 1.807) is 0 Å². The highest BCUT2D eigenvalue weighted by atomic mass is 35.5. The van der Waals surface area contributed by atoms with E-state index in [-0.39, 0.29) is 18.3 Å². The van der Waals surface area contributed by atoms with E-state index in [1.165, 1.54) is 6.42 Å². The van der Waals surface area contributed by atoms with E-state index < -0.39 is 0 Å². The minimum Gasteiger partial charge on any atom is -0.490 e. The Bertz CT molecular complexity index is 519. The fraction of sp³-hybridized carbons (Fsp3) is 0.632. The van der Waals surface area contributed by atoms with Gasteiger partial charge in [0.05, 0.1) is 13.2 Å². The Kier molecular flexibility index (Phi) is 10.3. The molecule has 2 rings (SSSR count). The van der Waals surface area contributed by atoms with Crippen LogP contribution in [0.2, 0.25) is 0 Å². The molecule has 0 saturated carbocycles. The molecule has 1 aromatic rings. The van der Waals surface area contributed by atoms with Crippen LogP contribution in [0.5, 0.6) is 11.5 Å². The van der Waals surface area contributed by atoms with E-state index >= 15 is 0 Å². The SMILES string of the molecule is CCOc1ccc(CCNC(=O)CCC2CCNC2)cc1OCC.Cl. The number of halogens is 1. The molecule has 1 unspecified atom stereocenters. The number of nitrogens with one attached hydrogen (secondary N) is 2. The Morgan fingerprint density at radius 3 is 2.68 bits per heavy atom. The lowest BCUT2D eigenvalue weighted by Gasteiger charge is -2.13. The summed E-state index contributed by atoms with van der Waals surface area (Å²) in [6.07, 6.45) is 3.60. The molecule has 1 atom stereocenters. The number of hydrogen-bond donors (Lipinski definition) is 2. The molecule has 1 aromatic carbocycles. The molecule has 0 aromatic heterocycles. The van der Waals surface area contributed by atoms with E-state index in [4.69, 9.17) is 9.47 Å². The minimum atomic E-state index is 0. The van der Waals surface area contributed by atoms with Gasteiger partial charge >= 0.3 is 0 Å². The zero-order valence-corrected chi connectivity index (χ0v) is 16.1. The van der Waals surface area contributed by atoms with E-state index in [1.807, 2.05) is 32.0 Å². The van der Waals surface area contributed by atoms with Crippen molar-refractivity contribution in [1.82, 2.24) is 10.6 Å². The predicted molar refractivity (Wildman–Crippen MR) is 103 cm³/mol. The van der Waals surface area contributed by atoms with Crippen LogP contribution in [-0.2, 0) is 11.2 Å². The normalized spacial score (nSPS) is 16.2. The highest BCUT2D eigenvalue weighted by molar-refractivity contribution is 5.85. The molecule has 0 spiro atoms. The highest BCUT2D eigenvalue weighted by Gasteiger charge is 2.15. The van der Waals surface area contributed by atoms with Crippen LogP contribution in [0.15, 0.2) is 18.2 Å². The Morgan fingerprint density at radius 2 is 2.00 bits per heavy atom. The van der Waals surface area contributed by atoms with E-state index in [0.717, 1.165) is 43.0 Å². The summed E-state index contributed by atoms with van der Waals surface area (Å²) in [5, 5.41) is 6.35. The van der Waals surface area contributed by atoms with Crippen LogP contribution in [0.3, 0.4) is 0 Å². The molecule has 2 N–H and O–H groups in total. The third kappa shape index (κ3) is 7.53. The smallest absolute Gasteiger partial charge is 0.220 e. The van der Waals surface area contributed by atoms with Crippen LogP contribution in [0.25, 0.3) is 0 Å². The second-order valence-corrected chi connectivity index (χ2v) is 6.14. The maximum Gasteiger partial charge on any atom is 0.220 e. The third-order valence-electron chi connectivity index (χ3n) is 4.29. The van der Waals surface area contributed by atoms with E-state index in [2.05, 4.69) is 10.6 Å². The van der Waals surface area contributed by atoms with Crippen LogP contribution in [0.1, 0.15) is 38.7 Å². The minimum absolute atomic E-state index is 0. The first-order valence-electron chi connectivity index (χ1n) is 9.08. The molecule has 0 aliphatic carbocycles. The lowest BCUT2D eigenvalue weighted by Crippen LogP contribution is -2.26. The molecule has 1 aliphatic heterocycles. The van der Waals surface area contributed by atoms with Crippen LogP contribution < -0.4 is 20.1 Å². The zero-order chi connectivity index (χ0) is 17.2. The van der Waals surface area contributed by atoms with E-state index in [9.17, 15) is 4.79 Å². The molecule has 6 heteroatoms. The van der Waals surface area contributed by atoms with Crippen molar-refractivity contribution in [3.8, 4) is 11.5 Å². The van der Waals surface area contributed by atoms with Gasteiger partial charge in [-0.1, -0.05) is 6.07 Å². The second-order valence-electron chi connectivity index (χ2n) is 6.14. The molecule has 1 saturated heterocycles. The van der Waals surface area contributed by atoms with Crippen molar-refractivity contribution in [3.05, 3.63) is 23.8 Å². The van der Waals surface area contributed by atoms with Crippen LogP contribution in [-0.4, -0.2) is 38.8 Å². The third-order valence-corrected chi connectivity index (χ3v) is 4.29. The Balaban J connectivity index is 0.00000312. The topological polar surface area (TPSA) is 59.6 Å². The van der Waals surface area contributed by atoms with Crippen molar-refractivity contribution < 1.29 is 14.3 Å². The van der Waals surface area contributed by atoms with Gasteiger partial charge in [-0.2, -0.15) is 0 Å². The van der Waals surface area contributed by atoms with Crippen LogP contribution in [0.4, 0.5) is 0 Å². The Hall–Kier alpha value is -1.46. The lowest BCUT2D eigenvalue weighted by molar-refractivity contribution is -0.121. The molecule has 1 fully saturated rings. The van der Waals surface area contributed by atoms with Gasteiger partial charge in [0.2, 0.25) is 5.91 Å². The summed E-state index contributed by atoms with van der Waals surface area (Å²) in [5.41, 5.74) is 1.14. The monoisotopic (exact) mass is 370 g/mol. The van der Waals surface area contributed by atoms with Crippen molar-refractivity contribution in [2.24, 2.45) is 5.92 Å². The van der Waals surface area contributed by atoms with Gasteiger partial charge in [-0.25, -0.2) is 0 Å². The maximum absolute atomic E-state index is 11.9. The molecular formula is C19H31ClN2O3. The first kappa shape index (κ1) is 21.6. The molecule has 1 aliphatic rings. The molecule has 1 heterocycles. The summed E-state index contributed by atoms with van der Waals surface area (Å²) < 4.78 is 11.2. The standard InChI is InChI=1S/C19H30N2O3.ClH/c1-3-23-17-7-5-15(13-18(17)24-4-2)10-12-21-19(22)8-6-16-9-11-20-14-16;/h5,7,13,16,20H,3-4,6,8-12,14H2,1-2H3,(H,21,22);1H. The van der Waals surface area contributed by atoms with Crippen molar-refractivity contribution >= 4 is 18.3 Å². The van der Waals surface area contributed by atoms with Crippen LogP contribution in [0, 0.1) is 5.92 Å². The molecular weight excluding hydrogens is 340 g/mol. The van der Waals surface area contributed by atoms with Gasteiger partial charge in [0, 0.05) is 13.0 Å². The fourth-order valence-corrected chi connectivity index (χ4v) is 2.98. The van der Waals surface area contributed by atoms with Gasteiger partial charge in [-0.05, 0) is 69.8 Å². The quantitative estimate of drug-likeness (QED) is 0.664. The van der Waals surface area contributed by atoms with Crippen molar-refractivity contribution in [1.29, 1.82) is 0 Å². The van der Waals surface area contributed by atoms with Crippen molar-refractivity contribution in [2.75, 3.05) is 32.8 Å². The van der Waals surface area contributed by atoms with E-state index in [0.29, 0.717) is 32.1 Å². The van der Waals surface area contributed by atoms with Gasteiger partial charge in [-0.3, -0.25) is 4.79 Å². The number of rotatable bonds is 10. The van der Waals surface area contributed by atoms with Gasteiger partial charge in [-0.15, -0.1) is 12.4 Å². The molecule has 0 bridgehead atoms. The summed E-state index contributed by atoms with van der Waals surface area (Å²) in [6, 6.07) is 5.98. The fourth-order valence-electron chi connectivity index (χ4n) is 2.98. The number of carbonyl (C=O) groups excluding carboxylic acids is 1. The molecule has 25 heavy (non-hydrogen) atoms. The average molecular weight is 371 g/mol.